The Bertz CT molecular complexity index is 613. The van der Waals surface area contributed by atoms with Crippen LogP contribution >= 0.6 is 0 Å². The summed E-state index contributed by atoms with van der Waals surface area (Å²) in [4.78, 5) is 37.7. The minimum Gasteiger partial charge on any atom is -0.466 e. The lowest BCUT2D eigenvalue weighted by Crippen LogP contribution is -2.52. The molecule has 1 aromatic rings. The number of likely N-dealkylation sites (tertiary alicyclic amines) is 1. The number of ether oxygens (including phenoxy) is 1. The molecule has 6 heteroatoms. The van der Waals surface area contributed by atoms with Crippen molar-refractivity contribution >= 4 is 17.8 Å². The maximum Gasteiger partial charge on any atom is 0.330 e. The number of carbonyl (C=O) groups excluding carboxylic acids is 3. The van der Waals surface area contributed by atoms with Gasteiger partial charge in [0.2, 0.25) is 5.91 Å². The van der Waals surface area contributed by atoms with E-state index >= 15 is 0 Å². The minimum atomic E-state index is -0.474. The zero-order valence-electron chi connectivity index (χ0n) is 13.7. The van der Waals surface area contributed by atoms with Crippen LogP contribution in [-0.4, -0.2) is 48.9 Å². The molecule has 0 saturated carbocycles. The predicted molar refractivity (Wildman–Crippen MR) is 89.3 cm³/mol. The summed E-state index contributed by atoms with van der Waals surface area (Å²) in [5.74, 6) is -0.795. The van der Waals surface area contributed by atoms with E-state index in [1.54, 1.807) is 17.0 Å². The molecule has 1 unspecified atom stereocenters. The van der Waals surface area contributed by atoms with Crippen molar-refractivity contribution in [3.63, 3.8) is 0 Å². The van der Waals surface area contributed by atoms with E-state index in [-0.39, 0.29) is 18.4 Å². The SMILES string of the molecule is COC(=O)/C=C/CNC(=O)C1CCCCN1C(=O)c1ccccc1. The lowest BCUT2D eigenvalue weighted by molar-refractivity contribution is -0.135. The van der Waals surface area contributed by atoms with E-state index in [2.05, 4.69) is 10.1 Å². The lowest BCUT2D eigenvalue weighted by Gasteiger charge is -2.34. The predicted octanol–water partition coefficient (Wildman–Crippen LogP) is 1.53. The molecule has 1 aliphatic rings. The van der Waals surface area contributed by atoms with Crippen LogP contribution in [0.1, 0.15) is 29.6 Å². The van der Waals surface area contributed by atoms with E-state index < -0.39 is 12.0 Å². The maximum absolute atomic E-state index is 12.6. The van der Waals surface area contributed by atoms with Crippen molar-refractivity contribution in [1.29, 1.82) is 0 Å². The van der Waals surface area contributed by atoms with E-state index in [0.717, 1.165) is 12.8 Å². The molecule has 1 fully saturated rings. The van der Waals surface area contributed by atoms with Gasteiger partial charge in [0.1, 0.15) is 6.04 Å². The maximum atomic E-state index is 12.6. The van der Waals surface area contributed by atoms with E-state index in [1.165, 1.54) is 19.3 Å². The molecular weight excluding hydrogens is 308 g/mol. The molecule has 24 heavy (non-hydrogen) atoms. The van der Waals surface area contributed by atoms with E-state index in [0.29, 0.717) is 18.5 Å². The average molecular weight is 330 g/mol. The Morgan fingerprint density at radius 2 is 2.00 bits per heavy atom. The third-order valence-corrected chi connectivity index (χ3v) is 3.94. The summed E-state index contributed by atoms with van der Waals surface area (Å²) < 4.78 is 4.48. The minimum absolute atomic E-state index is 0.124. The van der Waals surface area contributed by atoms with Crippen LogP contribution in [0.5, 0.6) is 0 Å². The highest BCUT2D eigenvalue weighted by atomic mass is 16.5. The van der Waals surface area contributed by atoms with Gasteiger partial charge < -0.3 is 15.0 Å². The number of carbonyl (C=O) groups is 3. The quantitative estimate of drug-likeness (QED) is 0.656. The normalized spacial score (nSPS) is 17.5. The second-order valence-electron chi connectivity index (χ2n) is 5.55. The molecule has 2 rings (SSSR count). The first-order valence-electron chi connectivity index (χ1n) is 8.01. The van der Waals surface area contributed by atoms with Gasteiger partial charge in [-0.1, -0.05) is 24.3 Å². The number of piperidine rings is 1. The Hall–Kier alpha value is -2.63. The van der Waals surface area contributed by atoms with Crippen LogP contribution in [0.3, 0.4) is 0 Å². The van der Waals surface area contributed by atoms with Gasteiger partial charge >= 0.3 is 5.97 Å². The van der Waals surface area contributed by atoms with Crippen molar-refractivity contribution in [2.75, 3.05) is 20.2 Å². The molecule has 1 aliphatic heterocycles. The van der Waals surface area contributed by atoms with Crippen molar-refractivity contribution in [2.45, 2.75) is 25.3 Å². The van der Waals surface area contributed by atoms with Crippen LogP contribution in [-0.2, 0) is 14.3 Å². The summed E-state index contributed by atoms with van der Waals surface area (Å²) in [6.07, 6.45) is 5.23. The van der Waals surface area contributed by atoms with Gasteiger partial charge in [-0.05, 0) is 31.4 Å². The summed E-state index contributed by atoms with van der Waals surface area (Å²) in [6, 6.07) is 8.51. The number of methoxy groups -OCH3 is 1. The van der Waals surface area contributed by atoms with Gasteiger partial charge in [0.25, 0.3) is 5.91 Å². The number of benzene rings is 1. The number of esters is 1. The van der Waals surface area contributed by atoms with Gasteiger partial charge in [-0.25, -0.2) is 4.79 Å². The van der Waals surface area contributed by atoms with Crippen LogP contribution in [0.15, 0.2) is 42.5 Å². The molecule has 1 atom stereocenters. The highest BCUT2D eigenvalue weighted by molar-refractivity contribution is 5.97. The van der Waals surface area contributed by atoms with Gasteiger partial charge in [-0.3, -0.25) is 9.59 Å². The van der Waals surface area contributed by atoms with Gasteiger partial charge in [0.15, 0.2) is 0 Å². The Morgan fingerprint density at radius 3 is 2.71 bits per heavy atom. The highest BCUT2D eigenvalue weighted by Crippen LogP contribution is 2.20. The monoisotopic (exact) mass is 330 g/mol. The second-order valence-corrected chi connectivity index (χ2v) is 5.55. The van der Waals surface area contributed by atoms with Gasteiger partial charge in [-0.2, -0.15) is 0 Å². The van der Waals surface area contributed by atoms with Crippen molar-refractivity contribution in [1.82, 2.24) is 10.2 Å². The van der Waals surface area contributed by atoms with Crippen molar-refractivity contribution in [3.05, 3.63) is 48.0 Å². The molecule has 1 heterocycles. The van der Waals surface area contributed by atoms with Crippen LogP contribution in [0.25, 0.3) is 0 Å². The number of hydrogen-bond donors (Lipinski definition) is 1. The third-order valence-electron chi connectivity index (χ3n) is 3.94. The molecule has 0 bridgehead atoms. The van der Waals surface area contributed by atoms with Crippen molar-refractivity contribution < 1.29 is 19.1 Å². The smallest absolute Gasteiger partial charge is 0.330 e. The van der Waals surface area contributed by atoms with Gasteiger partial charge in [-0.15, -0.1) is 0 Å². The Kier molecular flexibility index (Phi) is 6.54. The fourth-order valence-corrected chi connectivity index (χ4v) is 2.69. The summed E-state index contributed by atoms with van der Waals surface area (Å²) >= 11 is 0. The standard InChI is InChI=1S/C18H22N2O4/c1-24-16(21)11-7-12-19-17(22)15-10-5-6-13-20(15)18(23)14-8-3-2-4-9-14/h2-4,7-9,11,15H,5-6,10,12-13H2,1H3,(H,19,22)/b11-7+. The molecule has 6 nitrogen and oxygen atoms in total. The molecule has 0 radical (unpaired) electrons. The molecule has 0 spiro atoms. The third kappa shape index (κ3) is 4.68. The average Bonchev–Trinajstić information content (AvgIpc) is 2.64. The number of nitrogens with zero attached hydrogens (tertiary/aromatic N) is 1. The van der Waals surface area contributed by atoms with E-state index in [9.17, 15) is 14.4 Å². The fourth-order valence-electron chi connectivity index (χ4n) is 2.69. The molecule has 1 aromatic carbocycles. The van der Waals surface area contributed by atoms with E-state index in [1.807, 2.05) is 18.2 Å². The molecule has 1 N–H and O–H groups in total. The molecule has 128 valence electrons. The Balaban J connectivity index is 1.98. The largest absolute Gasteiger partial charge is 0.466 e. The second kappa shape index (κ2) is 8.86. The summed E-state index contributed by atoms with van der Waals surface area (Å²) in [6.45, 7) is 0.793. The lowest BCUT2D eigenvalue weighted by atomic mass is 10.00. The first-order valence-corrected chi connectivity index (χ1v) is 8.01. The van der Waals surface area contributed by atoms with Crippen LogP contribution in [0.4, 0.5) is 0 Å². The Labute approximate surface area is 141 Å². The topological polar surface area (TPSA) is 75.7 Å². The zero-order chi connectivity index (χ0) is 17.4. The zero-order valence-corrected chi connectivity index (χ0v) is 13.7. The van der Waals surface area contributed by atoms with Crippen molar-refractivity contribution in [2.24, 2.45) is 0 Å². The summed E-state index contributed by atoms with van der Waals surface area (Å²) in [7, 11) is 1.29. The fraction of sp³-hybridized carbons (Fsp3) is 0.389. The molecule has 1 saturated heterocycles. The first-order chi connectivity index (χ1) is 11.6. The van der Waals surface area contributed by atoms with Gasteiger partial charge in [0, 0.05) is 24.7 Å². The number of nitrogens with one attached hydrogen (secondary N) is 1. The van der Waals surface area contributed by atoms with Gasteiger partial charge in [0.05, 0.1) is 7.11 Å². The van der Waals surface area contributed by atoms with Crippen LogP contribution in [0.2, 0.25) is 0 Å². The first kappa shape index (κ1) is 17.7. The summed E-state index contributed by atoms with van der Waals surface area (Å²) in [5.41, 5.74) is 0.586. The van der Waals surface area contributed by atoms with Crippen molar-refractivity contribution in [3.8, 4) is 0 Å². The Morgan fingerprint density at radius 1 is 1.25 bits per heavy atom. The molecule has 0 aromatic heterocycles. The number of hydrogen-bond acceptors (Lipinski definition) is 4. The van der Waals surface area contributed by atoms with E-state index in [4.69, 9.17) is 0 Å². The number of rotatable bonds is 5. The highest BCUT2D eigenvalue weighted by Gasteiger charge is 2.32. The number of amides is 2. The van der Waals surface area contributed by atoms with Crippen LogP contribution in [0, 0.1) is 0 Å². The summed E-state index contributed by atoms with van der Waals surface area (Å²) in [5, 5.41) is 2.74. The molecular formula is C18H22N2O4. The molecule has 0 aliphatic carbocycles. The van der Waals surface area contributed by atoms with Crippen LogP contribution < -0.4 is 5.32 Å². The molecule has 2 amide bonds.